The maximum absolute atomic E-state index is 13.1. The van der Waals surface area contributed by atoms with Gasteiger partial charge in [-0.05, 0) is 42.5 Å². The number of hydrogen-bond donors (Lipinski definition) is 0. The monoisotopic (exact) mass is 392 g/mol. The van der Waals surface area contributed by atoms with Crippen molar-refractivity contribution in [1.29, 1.82) is 0 Å². The van der Waals surface area contributed by atoms with Gasteiger partial charge < -0.3 is 14.2 Å². The second kappa shape index (κ2) is 7.70. The average Bonchev–Trinajstić information content (AvgIpc) is 3.00. The van der Waals surface area contributed by atoms with E-state index < -0.39 is 16.8 Å². The fraction of sp³-hybridized carbons (Fsp3) is 0.0455. The second-order valence-electron chi connectivity index (χ2n) is 5.91. The van der Waals surface area contributed by atoms with Gasteiger partial charge in [-0.2, -0.15) is 0 Å². The molecule has 6 heteroatoms. The summed E-state index contributed by atoms with van der Waals surface area (Å²) in [5, 5.41) is 0. The van der Waals surface area contributed by atoms with Crippen LogP contribution in [0.2, 0.25) is 0 Å². The quantitative estimate of drug-likeness (QED) is 0.482. The van der Waals surface area contributed by atoms with Crippen LogP contribution in [-0.2, 0) is 15.6 Å². The average molecular weight is 392 g/mol. The number of carbonyl (C=O) groups is 1. The maximum atomic E-state index is 13.1. The SMILES string of the molecule is COc1ccc2c(c1)C(Oc1ccccc1)=C(C(=O)Oc1ccccc1)S2=O. The minimum absolute atomic E-state index is 0.0315. The lowest BCUT2D eigenvalue weighted by molar-refractivity contribution is -0.129. The zero-order valence-electron chi connectivity index (χ0n) is 15.0. The van der Waals surface area contributed by atoms with Crippen LogP contribution in [0.3, 0.4) is 0 Å². The van der Waals surface area contributed by atoms with Gasteiger partial charge in [-0.15, -0.1) is 0 Å². The van der Waals surface area contributed by atoms with Crippen LogP contribution in [0.5, 0.6) is 17.2 Å². The molecule has 0 saturated heterocycles. The Morgan fingerprint density at radius 2 is 1.46 bits per heavy atom. The highest BCUT2D eigenvalue weighted by Gasteiger charge is 2.37. The van der Waals surface area contributed by atoms with Gasteiger partial charge in [-0.3, -0.25) is 0 Å². The summed E-state index contributed by atoms with van der Waals surface area (Å²) in [6.45, 7) is 0. The fourth-order valence-corrected chi connectivity index (χ4v) is 4.09. The lowest BCUT2D eigenvalue weighted by Gasteiger charge is -2.10. The van der Waals surface area contributed by atoms with Gasteiger partial charge in [-0.1, -0.05) is 36.4 Å². The molecule has 0 spiro atoms. The van der Waals surface area contributed by atoms with Gasteiger partial charge in [0, 0.05) is 5.56 Å². The Hall–Kier alpha value is -3.38. The number of carbonyl (C=O) groups excluding carboxylic acids is 1. The first-order valence-electron chi connectivity index (χ1n) is 8.52. The van der Waals surface area contributed by atoms with Crippen molar-refractivity contribution in [3.8, 4) is 17.2 Å². The molecule has 0 bridgehead atoms. The van der Waals surface area contributed by atoms with E-state index in [-0.39, 0.29) is 10.7 Å². The lowest BCUT2D eigenvalue weighted by atomic mass is 10.1. The number of para-hydroxylation sites is 2. The van der Waals surface area contributed by atoms with Crippen molar-refractivity contribution < 1.29 is 23.2 Å². The number of rotatable bonds is 5. The number of methoxy groups -OCH3 is 1. The largest absolute Gasteiger partial charge is 0.497 e. The molecule has 0 saturated carbocycles. The number of ether oxygens (including phenoxy) is 3. The molecule has 3 aromatic carbocycles. The molecule has 0 aromatic heterocycles. The third kappa shape index (κ3) is 3.42. The van der Waals surface area contributed by atoms with E-state index >= 15 is 0 Å². The Morgan fingerprint density at radius 3 is 2.11 bits per heavy atom. The molecule has 0 fully saturated rings. The normalized spacial score (nSPS) is 15.1. The van der Waals surface area contributed by atoms with Crippen molar-refractivity contribution in [2.75, 3.05) is 7.11 Å². The highest BCUT2D eigenvalue weighted by Crippen LogP contribution is 2.40. The summed E-state index contributed by atoms with van der Waals surface area (Å²) in [6, 6.07) is 22.7. The maximum Gasteiger partial charge on any atom is 0.356 e. The Morgan fingerprint density at radius 1 is 0.821 bits per heavy atom. The highest BCUT2D eigenvalue weighted by atomic mass is 32.2. The minimum Gasteiger partial charge on any atom is -0.497 e. The second-order valence-corrected chi connectivity index (χ2v) is 7.29. The van der Waals surface area contributed by atoms with Crippen molar-refractivity contribution in [2.45, 2.75) is 4.90 Å². The first-order chi connectivity index (χ1) is 13.7. The van der Waals surface area contributed by atoms with Gasteiger partial charge in [0.15, 0.2) is 10.7 Å². The molecule has 5 nitrogen and oxygen atoms in total. The van der Waals surface area contributed by atoms with Crippen LogP contribution in [-0.4, -0.2) is 17.3 Å². The summed E-state index contributed by atoms with van der Waals surface area (Å²) in [4.78, 5) is 13.3. The number of hydrogen-bond acceptors (Lipinski definition) is 5. The van der Waals surface area contributed by atoms with Gasteiger partial charge in [0.25, 0.3) is 0 Å². The van der Waals surface area contributed by atoms with E-state index in [9.17, 15) is 9.00 Å². The summed E-state index contributed by atoms with van der Waals surface area (Å²) in [7, 11) is -0.187. The molecule has 0 radical (unpaired) electrons. The van der Waals surface area contributed by atoms with Crippen LogP contribution in [0.1, 0.15) is 5.56 Å². The fourth-order valence-electron chi connectivity index (χ4n) is 2.81. The van der Waals surface area contributed by atoms with Crippen molar-refractivity contribution in [2.24, 2.45) is 0 Å². The van der Waals surface area contributed by atoms with Gasteiger partial charge in [0.2, 0.25) is 0 Å². The van der Waals surface area contributed by atoms with Crippen molar-refractivity contribution >= 4 is 22.5 Å². The Labute approximate surface area is 164 Å². The van der Waals surface area contributed by atoms with Gasteiger partial charge in [-0.25, -0.2) is 9.00 Å². The van der Waals surface area contributed by atoms with E-state index in [4.69, 9.17) is 14.2 Å². The lowest BCUT2D eigenvalue weighted by Crippen LogP contribution is -2.15. The molecular formula is C22H16O5S. The van der Waals surface area contributed by atoms with Crippen LogP contribution in [0.25, 0.3) is 5.76 Å². The molecular weight excluding hydrogens is 376 g/mol. The van der Waals surface area contributed by atoms with Crippen LogP contribution in [0.4, 0.5) is 0 Å². The molecule has 0 aliphatic carbocycles. The summed E-state index contributed by atoms with van der Waals surface area (Å²) < 4.78 is 29.7. The minimum atomic E-state index is -1.73. The molecule has 4 rings (SSSR count). The zero-order valence-corrected chi connectivity index (χ0v) is 15.8. The molecule has 0 amide bonds. The molecule has 140 valence electrons. The molecule has 1 aliphatic rings. The van der Waals surface area contributed by atoms with Crippen molar-refractivity contribution in [3.63, 3.8) is 0 Å². The predicted octanol–water partition coefficient (Wildman–Crippen LogP) is 4.17. The van der Waals surface area contributed by atoms with Crippen LogP contribution < -0.4 is 14.2 Å². The molecule has 1 unspecified atom stereocenters. The van der Waals surface area contributed by atoms with E-state index in [1.807, 2.05) is 24.3 Å². The molecule has 28 heavy (non-hydrogen) atoms. The number of benzene rings is 3. The van der Waals surface area contributed by atoms with Gasteiger partial charge in [0.05, 0.1) is 22.8 Å². The summed E-state index contributed by atoms with van der Waals surface area (Å²) in [5.74, 6) is 0.951. The van der Waals surface area contributed by atoms with Crippen LogP contribution in [0, 0.1) is 0 Å². The van der Waals surface area contributed by atoms with Crippen molar-refractivity contribution in [3.05, 3.63) is 89.3 Å². The standard InChI is InChI=1S/C22H16O5S/c1-25-17-12-13-19-18(14-17)20(26-15-8-4-2-5-9-15)21(28(19)24)22(23)27-16-10-6-3-7-11-16/h2-14H,1H3. The number of esters is 1. The topological polar surface area (TPSA) is 61.8 Å². The first kappa shape index (κ1) is 18.0. The van der Waals surface area contributed by atoms with Gasteiger partial charge >= 0.3 is 5.97 Å². The zero-order chi connectivity index (χ0) is 19.5. The third-order valence-corrected chi connectivity index (χ3v) is 5.60. The summed E-state index contributed by atoms with van der Waals surface area (Å²) >= 11 is 0. The Balaban J connectivity index is 1.79. The van der Waals surface area contributed by atoms with Crippen molar-refractivity contribution in [1.82, 2.24) is 0 Å². The van der Waals surface area contributed by atoms with E-state index in [0.717, 1.165) is 0 Å². The third-order valence-electron chi connectivity index (χ3n) is 4.12. The molecule has 1 heterocycles. The molecule has 1 aliphatic heterocycles. The Bertz CT molecular complexity index is 1070. The molecule has 0 N–H and O–H groups in total. The van der Waals surface area contributed by atoms with E-state index in [0.29, 0.717) is 27.7 Å². The summed E-state index contributed by atoms with van der Waals surface area (Å²) in [6.07, 6.45) is 0. The predicted molar refractivity (Wildman–Crippen MR) is 105 cm³/mol. The van der Waals surface area contributed by atoms with Crippen LogP contribution in [0.15, 0.2) is 88.7 Å². The van der Waals surface area contributed by atoms with E-state index in [2.05, 4.69) is 0 Å². The van der Waals surface area contributed by atoms with Gasteiger partial charge in [0.1, 0.15) is 17.2 Å². The van der Waals surface area contributed by atoms with E-state index in [1.165, 1.54) is 0 Å². The highest BCUT2D eigenvalue weighted by molar-refractivity contribution is 7.90. The molecule has 1 atom stereocenters. The Kier molecular flexibility index (Phi) is 4.95. The smallest absolute Gasteiger partial charge is 0.356 e. The number of fused-ring (bicyclic) bond motifs is 1. The van der Waals surface area contributed by atoms with E-state index in [1.54, 1.807) is 61.7 Å². The first-order valence-corrected chi connectivity index (χ1v) is 9.67. The summed E-state index contributed by atoms with van der Waals surface area (Å²) in [5.41, 5.74) is 0.543. The van der Waals surface area contributed by atoms with Crippen LogP contribution >= 0.6 is 0 Å². The molecule has 3 aromatic rings.